The zero-order valence-corrected chi connectivity index (χ0v) is 13.1. The molecule has 0 aliphatic rings. The van der Waals surface area contributed by atoms with E-state index in [1.165, 1.54) is 0 Å². The number of hydrogen-bond acceptors (Lipinski definition) is 1. The lowest BCUT2D eigenvalue weighted by atomic mass is 9.90. The van der Waals surface area contributed by atoms with E-state index in [4.69, 9.17) is 5.73 Å². The molecular formula is C18H17ClF3N. The molecule has 1 nitrogen and oxygen atoms in total. The molecule has 0 spiro atoms. The van der Waals surface area contributed by atoms with Gasteiger partial charge in [-0.1, -0.05) is 48.5 Å². The molecule has 3 aromatic rings. The number of rotatable bonds is 3. The van der Waals surface area contributed by atoms with Crippen LogP contribution >= 0.6 is 12.4 Å². The van der Waals surface area contributed by atoms with Crippen molar-refractivity contribution in [3.63, 3.8) is 0 Å². The molecule has 0 saturated carbocycles. The van der Waals surface area contributed by atoms with Gasteiger partial charge in [-0.05, 0) is 39.6 Å². The van der Waals surface area contributed by atoms with Crippen molar-refractivity contribution in [2.75, 3.05) is 0 Å². The molecule has 5 heteroatoms. The van der Waals surface area contributed by atoms with Gasteiger partial charge in [-0.25, -0.2) is 0 Å². The first kappa shape index (κ1) is 17.6. The molecule has 3 aromatic carbocycles. The number of hydrogen-bond donors (Lipinski definition) is 1. The highest BCUT2D eigenvalue weighted by atomic mass is 35.5. The van der Waals surface area contributed by atoms with Crippen LogP contribution in [0, 0.1) is 0 Å². The molecule has 0 bridgehead atoms. The molecule has 0 unspecified atom stereocenters. The zero-order valence-electron chi connectivity index (χ0n) is 12.3. The summed E-state index contributed by atoms with van der Waals surface area (Å²) in [5.41, 5.74) is 6.94. The van der Waals surface area contributed by atoms with Crippen LogP contribution in [-0.2, 0) is 0 Å². The molecule has 0 saturated heterocycles. The summed E-state index contributed by atoms with van der Waals surface area (Å²) in [6.07, 6.45) is -5.16. The first-order valence-electron chi connectivity index (χ1n) is 7.18. The Bertz CT molecular complexity index is 760. The van der Waals surface area contributed by atoms with Crippen molar-refractivity contribution in [2.45, 2.75) is 25.1 Å². The number of benzene rings is 3. The van der Waals surface area contributed by atoms with Gasteiger partial charge < -0.3 is 5.73 Å². The van der Waals surface area contributed by atoms with Gasteiger partial charge in [0.2, 0.25) is 0 Å². The van der Waals surface area contributed by atoms with Crippen molar-refractivity contribution >= 4 is 34.0 Å². The van der Waals surface area contributed by atoms with Crippen LogP contribution in [0.1, 0.15) is 24.4 Å². The van der Waals surface area contributed by atoms with Crippen LogP contribution in [0.15, 0.2) is 54.6 Å². The molecule has 0 amide bonds. The lowest BCUT2D eigenvalue weighted by Gasteiger charge is -2.18. The van der Waals surface area contributed by atoms with E-state index in [1.807, 2.05) is 54.6 Å². The molecular weight excluding hydrogens is 323 g/mol. The zero-order chi connectivity index (χ0) is 15.7. The highest BCUT2D eigenvalue weighted by molar-refractivity contribution is 6.02. The summed E-state index contributed by atoms with van der Waals surface area (Å²) >= 11 is 0. The summed E-state index contributed by atoms with van der Waals surface area (Å²) in [7, 11) is 0. The summed E-state index contributed by atoms with van der Waals surface area (Å²) < 4.78 is 37.5. The van der Waals surface area contributed by atoms with Gasteiger partial charge in [-0.2, -0.15) is 13.2 Å². The van der Waals surface area contributed by atoms with Crippen LogP contribution in [0.2, 0.25) is 0 Å². The molecule has 0 fully saturated rings. The van der Waals surface area contributed by atoms with E-state index in [9.17, 15) is 13.2 Å². The summed E-state index contributed by atoms with van der Waals surface area (Å²) in [6.45, 7) is 0. The largest absolute Gasteiger partial charge is 0.389 e. The van der Waals surface area contributed by atoms with E-state index < -0.39 is 18.6 Å². The predicted molar refractivity (Wildman–Crippen MR) is 90.9 cm³/mol. The third kappa shape index (κ3) is 3.77. The van der Waals surface area contributed by atoms with E-state index in [1.54, 1.807) is 0 Å². The van der Waals surface area contributed by atoms with Crippen molar-refractivity contribution in [1.29, 1.82) is 0 Å². The second kappa shape index (κ2) is 6.77. The summed E-state index contributed by atoms with van der Waals surface area (Å²) in [4.78, 5) is 0. The predicted octanol–water partition coefficient (Wildman–Crippen LogP) is 5.76. The monoisotopic (exact) mass is 339 g/mol. The molecule has 3 rings (SSSR count). The Morgan fingerprint density at radius 3 is 1.83 bits per heavy atom. The van der Waals surface area contributed by atoms with E-state index in [2.05, 4.69) is 0 Å². The quantitative estimate of drug-likeness (QED) is 0.603. The second-order valence-electron chi connectivity index (χ2n) is 5.49. The van der Waals surface area contributed by atoms with Crippen LogP contribution in [0.5, 0.6) is 0 Å². The third-order valence-electron chi connectivity index (χ3n) is 3.92. The van der Waals surface area contributed by atoms with Crippen LogP contribution < -0.4 is 5.73 Å². The minimum Gasteiger partial charge on any atom is -0.324 e. The Labute approximate surface area is 138 Å². The highest BCUT2D eigenvalue weighted by Gasteiger charge is 2.28. The average Bonchev–Trinajstić information content (AvgIpc) is 2.49. The number of fused-ring (bicyclic) bond motifs is 2. The Kier molecular flexibility index (Phi) is 5.17. The minimum atomic E-state index is -4.18. The van der Waals surface area contributed by atoms with Gasteiger partial charge in [0.15, 0.2) is 0 Å². The fraction of sp³-hybridized carbons (Fsp3) is 0.222. The van der Waals surface area contributed by atoms with Crippen LogP contribution in [-0.4, -0.2) is 6.18 Å². The normalized spacial score (nSPS) is 13.0. The van der Waals surface area contributed by atoms with Crippen molar-refractivity contribution < 1.29 is 13.2 Å². The topological polar surface area (TPSA) is 26.0 Å². The Morgan fingerprint density at radius 1 is 0.870 bits per heavy atom. The lowest BCUT2D eigenvalue weighted by molar-refractivity contribution is -0.136. The van der Waals surface area contributed by atoms with Crippen LogP contribution in [0.3, 0.4) is 0 Å². The molecule has 0 radical (unpaired) electrons. The fourth-order valence-corrected chi connectivity index (χ4v) is 2.91. The molecule has 0 aliphatic carbocycles. The summed E-state index contributed by atoms with van der Waals surface area (Å²) in [5.74, 6) is 0. The van der Waals surface area contributed by atoms with Crippen molar-refractivity contribution in [1.82, 2.24) is 0 Å². The fourth-order valence-electron chi connectivity index (χ4n) is 2.91. The van der Waals surface area contributed by atoms with Crippen molar-refractivity contribution in [3.05, 3.63) is 60.2 Å². The first-order valence-corrected chi connectivity index (χ1v) is 7.18. The molecule has 2 N–H and O–H groups in total. The Hall–Kier alpha value is -1.78. The number of alkyl halides is 3. The molecule has 23 heavy (non-hydrogen) atoms. The number of nitrogens with two attached hydrogens (primary N) is 1. The van der Waals surface area contributed by atoms with Gasteiger partial charge in [-0.15, -0.1) is 12.4 Å². The Balaban J connectivity index is 0.00000192. The maximum absolute atomic E-state index is 12.5. The van der Waals surface area contributed by atoms with Gasteiger partial charge in [0.25, 0.3) is 0 Å². The molecule has 0 aromatic heterocycles. The SMILES string of the molecule is Cl.N[C@@H](CCC(F)(F)F)c1c2ccccc2cc2ccccc12. The Morgan fingerprint density at radius 2 is 1.35 bits per heavy atom. The summed E-state index contributed by atoms with van der Waals surface area (Å²) in [6, 6.07) is 16.8. The van der Waals surface area contributed by atoms with Gasteiger partial charge >= 0.3 is 6.18 Å². The average molecular weight is 340 g/mol. The van der Waals surface area contributed by atoms with E-state index in [-0.39, 0.29) is 18.8 Å². The molecule has 1 atom stereocenters. The molecule has 0 aliphatic heterocycles. The van der Waals surface area contributed by atoms with Crippen molar-refractivity contribution in [2.24, 2.45) is 5.73 Å². The van der Waals surface area contributed by atoms with Gasteiger partial charge in [-0.3, -0.25) is 0 Å². The second-order valence-corrected chi connectivity index (χ2v) is 5.49. The standard InChI is InChI=1S/C18H16F3N.ClH/c19-18(20,21)10-9-16(22)17-14-7-3-1-5-12(14)11-13-6-2-4-8-15(13)17;/h1-8,11,16H,9-10,22H2;1H/t16-;/m0./s1. The van der Waals surface area contributed by atoms with E-state index in [0.29, 0.717) is 0 Å². The molecule has 122 valence electrons. The first-order chi connectivity index (χ1) is 10.5. The smallest absolute Gasteiger partial charge is 0.324 e. The maximum Gasteiger partial charge on any atom is 0.389 e. The summed E-state index contributed by atoms with van der Waals surface area (Å²) in [5, 5.41) is 3.85. The van der Waals surface area contributed by atoms with E-state index in [0.717, 1.165) is 27.1 Å². The third-order valence-corrected chi connectivity index (χ3v) is 3.92. The van der Waals surface area contributed by atoms with Gasteiger partial charge in [0.1, 0.15) is 0 Å². The van der Waals surface area contributed by atoms with Crippen LogP contribution in [0.25, 0.3) is 21.5 Å². The van der Waals surface area contributed by atoms with Gasteiger partial charge in [0, 0.05) is 12.5 Å². The maximum atomic E-state index is 12.5. The highest BCUT2D eigenvalue weighted by Crippen LogP contribution is 2.35. The van der Waals surface area contributed by atoms with Crippen LogP contribution in [0.4, 0.5) is 13.2 Å². The minimum absolute atomic E-state index is 0. The lowest BCUT2D eigenvalue weighted by Crippen LogP contribution is -2.16. The number of halogens is 4. The van der Waals surface area contributed by atoms with E-state index >= 15 is 0 Å². The molecule has 0 heterocycles. The van der Waals surface area contributed by atoms with Crippen molar-refractivity contribution in [3.8, 4) is 0 Å². The van der Waals surface area contributed by atoms with Gasteiger partial charge in [0.05, 0.1) is 0 Å².